The number of sulfonamides is 1. The molecule has 24 heavy (non-hydrogen) atoms. The molecule has 0 atom stereocenters. The number of nitrogens with zero attached hydrogens (tertiary/aromatic N) is 2. The topological polar surface area (TPSA) is 101 Å². The summed E-state index contributed by atoms with van der Waals surface area (Å²) in [6, 6.07) is 2.06. The van der Waals surface area contributed by atoms with Gasteiger partial charge in [-0.2, -0.15) is 5.10 Å². The average Bonchev–Trinajstić information content (AvgIpc) is 3.20. The van der Waals surface area contributed by atoms with Crippen LogP contribution in [0, 0.1) is 5.92 Å². The normalized spacial score (nSPS) is 14.6. The van der Waals surface area contributed by atoms with Crippen molar-refractivity contribution in [1.82, 2.24) is 9.78 Å². The Morgan fingerprint density at radius 3 is 2.71 bits per heavy atom. The smallest absolute Gasteiger partial charge is 0.335 e. The third kappa shape index (κ3) is 3.66. The summed E-state index contributed by atoms with van der Waals surface area (Å²) in [7, 11) is -4.11. The second kappa shape index (κ2) is 6.27. The maximum Gasteiger partial charge on any atom is 0.335 e. The van der Waals surface area contributed by atoms with Gasteiger partial charge in [0.2, 0.25) is 0 Å². The molecule has 10 heteroatoms. The van der Waals surface area contributed by atoms with Gasteiger partial charge in [0.15, 0.2) is 0 Å². The number of carboxylic acids is 1. The van der Waals surface area contributed by atoms with Gasteiger partial charge in [-0.25, -0.2) is 13.2 Å². The van der Waals surface area contributed by atoms with E-state index in [-0.39, 0.29) is 21.3 Å². The fourth-order valence-electron chi connectivity index (χ4n) is 2.17. The Balaban J connectivity index is 1.89. The molecule has 1 aromatic heterocycles. The van der Waals surface area contributed by atoms with Crippen molar-refractivity contribution in [3.8, 4) is 0 Å². The third-order valence-electron chi connectivity index (χ3n) is 3.56. The summed E-state index contributed by atoms with van der Waals surface area (Å²) in [6.07, 6.45) is 5.26. The van der Waals surface area contributed by atoms with Crippen LogP contribution in [0.3, 0.4) is 0 Å². The lowest BCUT2D eigenvalue weighted by Gasteiger charge is -2.10. The molecule has 1 aromatic carbocycles. The van der Waals surface area contributed by atoms with Crippen LogP contribution >= 0.6 is 23.2 Å². The van der Waals surface area contributed by atoms with Crippen molar-refractivity contribution < 1.29 is 18.3 Å². The van der Waals surface area contributed by atoms with E-state index in [9.17, 15) is 13.2 Å². The Bertz CT molecular complexity index is 907. The molecule has 128 valence electrons. The van der Waals surface area contributed by atoms with E-state index in [1.54, 1.807) is 10.9 Å². The second-order valence-electron chi connectivity index (χ2n) is 5.58. The maximum atomic E-state index is 12.5. The number of hydrogen-bond donors (Lipinski definition) is 2. The maximum absolute atomic E-state index is 12.5. The molecule has 2 aromatic rings. The van der Waals surface area contributed by atoms with Crippen LogP contribution in [0.25, 0.3) is 0 Å². The zero-order valence-electron chi connectivity index (χ0n) is 12.2. The van der Waals surface area contributed by atoms with E-state index < -0.39 is 20.9 Å². The Labute approximate surface area is 148 Å². The highest BCUT2D eigenvalue weighted by Crippen LogP contribution is 2.33. The lowest BCUT2D eigenvalue weighted by Crippen LogP contribution is -2.14. The SMILES string of the molecule is O=C(O)c1cc(Cl)c(Cl)c(S(=O)(=O)Nc2cnn(CC3CC3)c2)c1. The minimum atomic E-state index is -4.11. The number of carboxylic acid groups (broad SMARTS) is 1. The summed E-state index contributed by atoms with van der Waals surface area (Å²) in [5, 5.41) is 12.8. The zero-order chi connectivity index (χ0) is 17.5. The van der Waals surface area contributed by atoms with Gasteiger partial charge in [0.25, 0.3) is 10.0 Å². The Kier molecular flexibility index (Phi) is 4.46. The first-order chi connectivity index (χ1) is 11.3. The van der Waals surface area contributed by atoms with Crippen LogP contribution in [0.5, 0.6) is 0 Å². The van der Waals surface area contributed by atoms with E-state index in [0.29, 0.717) is 5.92 Å². The van der Waals surface area contributed by atoms with Crippen molar-refractivity contribution in [2.75, 3.05) is 4.72 Å². The lowest BCUT2D eigenvalue weighted by molar-refractivity contribution is 0.0696. The zero-order valence-corrected chi connectivity index (χ0v) is 14.6. The van der Waals surface area contributed by atoms with E-state index in [4.69, 9.17) is 28.3 Å². The number of aromatic nitrogens is 2. The number of nitrogens with one attached hydrogen (secondary N) is 1. The number of aromatic carboxylic acids is 1. The molecule has 0 unspecified atom stereocenters. The molecule has 0 aliphatic heterocycles. The van der Waals surface area contributed by atoms with Crippen molar-refractivity contribution in [3.63, 3.8) is 0 Å². The first-order valence-electron chi connectivity index (χ1n) is 7.04. The van der Waals surface area contributed by atoms with Crippen LogP contribution in [-0.2, 0) is 16.6 Å². The highest BCUT2D eigenvalue weighted by atomic mass is 35.5. The molecule has 1 aliphatic rings. The highest BCUT2D eigenvalue weighted by molar-refractivity contribution is 7.92. The molecule has 7 nitrogen and oxygen atoms in total. The minimum Gasteiger partial charge on any atom is -0.478 e. The first-order valence-corrected chi connectivity index (χ1v) is 9.28. The fraction of sp³-hybridized carbons (Fsp3) is 0.286. The summed E-state index contributed by atoms with van der Waals surface area (Å²) in [4.78, 5) is 10.7. The molecule has 0 radical (unpaired) electrons. The van der Waals surface area contributed by atoms with Gasteiger partial charge >= 0.3 is 5.97 Å². The quantitative estimate of drug-likeness (QED) is 0.789. The second-order valence-corrected chi connectivity index (χ2v) is 8.01. The van der Waals surface area contributed by atoms with Gasteiger partial charge in [-0.1, -0.05) is 23.2 Å². The van der Waals surface area contributed by atoms with Gasteiger partial charge in [-0.05, 0) is 30.9 Å². The molecule has 0 bridgehead atoms. The van der Waals surface area contributed by atoms with Crippen LogP contribution in [0.2, 0.25) is 10.0 Å². The number of halogens is 2. The molecule has 0 spiro atoms. The summed E-state index contributed by atoms with van der Waals surface area (Å²) in [5.74, 6) is -0.711. The molecule has 3 rings (SSSR count). The third-order valence-corrected chi connectivity index (χ3v) is 5.88. The Morgan fingerprint density at radius 1 is 1.38 bits per heavy atom. The number of rotatable bonds is 6. The Morgan fingerprint density at radius 2 is 2.08 bits per heavy atom. The van der Waals surface area contributed by atoms with Crippen molar-refractivity contribution in [3.05, 3.63) is 40.1 Å². The summed E-state index contributed by atoms with van der Waals surface area (Å²) >= 11 is 11.8. The molecule has 1 fully saturated rings. The molecule has 1 aliphatic carbocycles. The van der Waals surface area contributed by atoms with Crippen molar-refractivity contribution in [2.45, 2.75) is 24.3 Å². The van der Waals surface area contributed by atoms with Gasteiger partial charge in [-0.15, -0.1) is 0 Å². The van der Waals surface area contributed by atoms with Crippen LogP contribution in [-0.4, -0.2) is 29.3 Å². The largest absolute Gasteiger partial charge is 0.478 e. The van der Waals surface area contributed by atoms with Crippen LogP contribution in [0.4, 0.5) is 5.69 Å². The van der Waals surface area contributed by atoms with E-state index in [1.165, 1.54) is 6.20 Å². The van der Waals surface area contributed by atoms with Crippen LogP contribution < -0.4 is 4.72 Å². The number of benzene rings is 1. The summed E-state index contributed by atoms with van der Waals surface area (Å²) in [5.41, 5.74) is -0.00206. The summed E-state index contributed by atoms with van der Waals surface area (Å²) < 4.78 is 29.0. The van der Waals surface area contributed by atoms with Crippen molar-refractivity contribution in [1.29, 1.82) is 0 Å². The van der Waals surface area contributed by atoms with Gasteiger partial charge in [0.05, 0.1) is 27.5 Å². The van der Waals surface area contributed by atoms with E-state index >= 15 is 0 Å². The predicted molar refractivity (Wildman–Crippen MR) is 89.2 cm³/mol. The first kappa shape index (κ1) is 17.1. The van der Waals surface area contributed by atoms with Gasteiger partial charge in [0.1, 0.15) is 4.90 Å². The van der Waals surface area contributed by atoms with Crippen molar-refractivity contribution in [2.24, 2.45) is 5.92 Å². The molecular formula is C14H13Cl2N3O4S. The van der Waals surface area contributed by atoms with Gasteiger partial charge in [-0.3, -0.25) is 9.40 Å². The van der Waals surface area contributed by atoms with Crippen LogP contribution in [0.15, 0.2) is 29.4 Å². The van der Waals surface area contributed by atoms with Crippen molar-refractivity contribution >= 4 is 44.9 Å². The Hall–Kier alpha value is -1.77. The van der Waals surface area contributed by atoms with E-state index in [1.807, 2.05) is 0 Å². The molecule has 1 saturated carbocycles. The molecule has 1 heterocycles. The molecular weight excluding hydrogens is 377 g/mol. The number of carbonyl (C=O) groups is 1. The van der Waals surface area contributed by atoms with Crippen LogP contribution in [0.1, 0.15) is 23.2 Å². The molecule has 0 saturated heterocycles. The molecule has 0 amide bonds. The predicted octanol–water partition coefficient (Wildman–Crippen LogP) is 3.10. The number of hydrogen-bond acceptors (Lipinski definition) is 4. The van der Waals surface area contributed by atoms with E-state index in [0.717, 1.165) is 31.5 Å². The standard InChI is InChI=1S/C14H13Cl2N3O4S/c15-11-3-9(14(20)21)4-12(13(11)16)24(22,23)18-10-5-17-19(7-10)6-8-1-2-8/h3-5,7-8,18H,1-2,6H2,(H,20,21). The monoisotopic (exact) mass is 389 g/mol. The minimum absolute atomic E-state index is 0.152. The lowest BCUT2D eigenvalue weighted by atomic mass is 10.2. The summed E-state index contributed by atoms with van der Waals surface area (Å²) in [6.45, 7) is 0.739. The average molecular weight is 390 g/mol. The number of anilines is 1. The highest BCUT2D eigenvalue weighted by Gasteiger charge is 2.25. The van der Waals surface area contributed by atoms with E-state index in [2.05, 4.69) is 9.82 Å². The van der Waals surface area contributed by atoms with Gasteiger partial charge < -0.3 is 5.11 Å². The molecule has 2 N–H and O–H groups in total. The fourth-order valence-corrected chi connectivity index (χ4v) is 4.02. The van der Waals surface area contributed by atoms with Gasteiger partial charge in [0, 0.05) is 12.7 Å².